The second kappa shape index (κ2) is 5.06. The van der Waals surface area contributed by atoms with Crippen molar-refractivity contribution in [3.8, 4) is 0 Å². The largest absolute Gasteiger partial charge is 0.441 e. The lowest BCUT2D eigenvalue weighted by atomic mass is 9.71. The highest BCUT2D eigenvalue weighted by atomic mass is 32.2. The molecule has 1 saturated carbocycles. The molecule has 0 aromatic heterocycles. The summed E-state index contributed by atoms with van der Waals surface area (Å²) in [6, 6.07) is 0. The maximum Gasteiger partial charge on any atom is 0.335 e. The number of fused-ring (bicyclic) bond motifs is 2. The molecule has 0 radical (unpaired) electrons. The van der Waals surface area contributed by atoms with E-state index in [0.29, 0.717) is 9.88 Å². The molecule has 5 rings (SSSR count). The summed E-state index contributed by atoms with van der Waals surface area (Å²) >= 11 is 0. The summed E-state index contributed by atoms with van der Waals surface area (Å²) in [6.07, 6.45) is 6.06. The summed E-state index contributed by atoms with van der Waals surface area (Å²) in [5.74, 6) is -1.32. The molecule has 9 heteroatoms. The number of esters is 1. The number of hydrogen-bond donors (Lipinski definition) is 1. The highest BCUT2D eigenvalue weighted by molar-refractivity contribution is 7.94. The Balaban J connectivity index is 1.55. The topological polar surface area (TPSA) is 102 Å². The number of sulfonamides is 1. The summed E-state index contributed by atoms with van der Waals surface area (Å²) in [6.45, 7) is 0.917. The van der Waals surface area contributed by atoms with E-state index in [9.17, 15) is 18.0 Å². The van der Waals surface area contributed by atoms with Crippen molar-refractivity contribution >= 4 is 21.9 Å². The van der Waals surface area contributed by atoms with Gasteiger partial charge in [-0.3, -0.25) is 4.79 Å². The average molecular weight is 354 g/mol. The molecule has 0 aromatic carbocycles. The van der Waals surface area contributed by atoms with Crippen LogP contribution in [0.4, 0.5) is 0 Å². The normalized spacial score (nSPS) is 36.0. The molecule has 0 saturated heterocycles. The third-order valence-corrected chi connectivity index (χ3v) is 7.23. The maximum absolute atomic E-state index is 12.7. The minimum Gasteiger partial charge on any atom is -0.441 e. The van der Waals surface area contributed by atoms with Gasteiger partial charge in [0.15, 0.2) is 12.3 Å². The van der Waals surface area contributed by atoms with E-state index in [4.69, 9.17) is 9.57 Å². The van der Waals surface area contributed by atoms with Crippen LogP contribution in [0.5, 0.6) is 0 Å². The van der Waals surface area contributed by atoms with E-state index in [2.05, 4.69) is 5.48 Å². The lowest BCUT2D eigenvalue weighted by molar-refractivity contribution is -0.155. The van der Waals surface area contributed by atoms with Crippen LogP contribution in [0.1, 0.15) is 32.6 Å². The van der Waals surface area contributed by atoms with Gasteiger partial charge in [-0.05, 0) is 50.5 Å². The summed E-state index contributed by atoms with van der Waals surface area (Å²) in [4.78, 5) is 29.8. The molecule has 8 nitrogen and oxygen atoms in total. The Hall–Kier alpha value is -1.87. The third kappa shape index (κ3) is 2.04. The van der Waals surface area contributed by atoms with Gasteiger partial charge >= 0.3 is 5.97 Å². The van der Waals surface area contributed by atoms with Gasteiger partial charge in [0, 0.05) is 5.57 Å². The Morgan fingerprint density at radius 3 is 2.62 bits per heavy atom. The first-order chi connectivity index (χ1) is 11.3. The Labute approximate surface area is 139 Å². The minimum atomic E-state index is -3.89. The van der Waals surface area contributed by atoms with Crippen LogP contribution in [0.25, 0.3) is 0 Å². The van der Waals surface area contributed by atoms with Gasteiger partial charge in [0.2, 0.25) is 0 Å². The van der Waals surface area contributed by atoms with Crippen molar-refractivity contribution in [3.63, 3.8) is 0 Å². The van der Waals surface area contributed by atoms with Gasteiger partial charge in [-0.1, -0.05) is 0 Å². The van der Waals surface area contributed by atoms with E-state index in [0.717, 1.165) is 25.7 Å². The first-order valence-electron chi connectivity index (χ1n) is 7.93. The molecule has 24 heavy (non-hydrogen) atoms. The van der Waals surface area contributed by atoms with Crippen LogP contribution in [-0.4, -0.2) is 36.9 Å². The molecule has 0 aromatic rings. The van der Waals surface area contributed by atoms with Gasteiger partial charge in [0.25, 0.3) is 15.9 Å². The Kier molecular flexibility index (Phi) is 3.30. The van der Waals surface area contributed by atoms with Gasteiger partial charge < -0.3 is 9.57 Å². The SMILES string of the molecule is CC1(C(=O)OCN2C(=O)C3=C(C4CCC3CC4)S2(=O)=O)C=CON1. The summed E-state index contributed by atoms with van der Waals surface area (Å²) in [7, 11) is -3.89. The lowest BCUT2D eigenvalue weighted by Gasteiger charge is -2.34. The average Bonchev–Trinajstić information content (AvgIpc) is 3.10. The Morgan fingerprint density at radius 2 is 2.04 bits per heavy atom. The van der Waals surface area contributed by atoms with Crippen LogP contribution in [-0.2, 0) is 29.2 Å². The number of ether oxygens (including phenoxy) is 1. The number of carbonyl (C=O) groups excluding carboxylic acids is 2. The number of hydrogen-bond acceptors (Lipinski definition) is 7. The van der Waals surface area contributed by atoms with E-state index < -0.39 is 34.2 Å². The number of hydroxylamine groups is 1. The van der Waals surface area contributed by atoms with E-state index >= 15 is 0 Å². The van der Waals surface area contributed by atoms with Crippen molar-refractivity contribution in [1.29, 1.82) is 0 Å². The van der Waals surface area contributed by atoms with Crippen LogP contribution >= 0.6 is 0 Å². The van der Waals surface area contributed by atoms with Crippen molar-refractivity contribution in [3.05, 3.63) is 22.8 Å². The molecule has 1 atom stereocenters. The van der Waals surface area contributed by atoms with Gasteiger partial charge in [-0.2, -0.15) is 4.31 Å². The second-order valence-corrected chi connectivity index (χ2v) is 8.60. The highest BCUT2D eigenvalue weighted by Crippen LogP contribution is 2.51. The summed E-state index contributed by atoms with van der Waals surface area (Å²) < 4.78 is 31.3. The van der Waals surface area contributed by atoms with Crippen molar-refractivity contribution in [1.82, 2.24) is 9.79 Å². The van der Waals surface area contributed by atoms with Crippen LogP contribution < -0.4 is 5.48 Å². The van der Waals surface area contributed by atoms with Crippen molar-refractivity contribution in [2.75, 3.05) is 6.73 Å². The van der Waals surface area contributed by atoms with Crippen molar-refractivity contribution in [2.45, 2.75) is 38.1 Å². The number of nitrogens with one attached hydrogen (secondary N) is 1. The lowest BCUT2D eigenvalue weighted by Crippen LogP contribution is -2.47. The number of carbonyl (C=O) groups is 2. The van der Waals surface area contributed by atoms with Crippen molar-refractivity contribution < 1.29 is 27.6 Å². The second-order valence-electron chi connectivity index (χ2n) is 6.77. The molecule has 1 N–H and O–H groups in total. The molecule has 130 valence electrons. The molecule has 2 aliphatic heterocycles. The molecule has 1 unspecified atom stereocenters. The first kappa shape index (κ1) is 15.6. The van der Waals surface area contributed by atoms with Gasteiger partial charge in [0.05, 0.1) is 4.91 Å². The molecule has 1 amide bonds. The molecule has 1 fully saturated rings. The van der Waals surface area contributed by atoms with Gasteiger partial charge in [-0.15, -0.1) is 5.48 Å². The standard InChI is InChI=1S/C15H18N2O6S/c1-15(6-7-23-16-15)14(19)22-8-17-13(18)11-9-2-4-10(5-3-9)12(11)24(17,20)21/h6-7,9-10,16H,2-5,8H2,1H3. The van der Waals surface area contributed by atoms with Gasteiger partial charge in [0.1, 0.15) is 6.26 Å². The fraction of sp³-hybridized carbons (Fsp3) is 0.600. The Bertz CT molecular complexity index is 778. The monoisotopic (exact) mass is 354 g/mol. The van der Waals surface area contributed by atoms with Crippen LogP contribution in [0.2, 0.25) is 0 Å². The fourth-order valence-corrected chi connectivity index (χ4v) is 5.86. The van der Waals surface area contributed by atoms with Crippen molar-refractivity contribution in [2.24, 2.45) is 11.8 Å². The number of rotatable bonds is 3. The van der Waals surface area contributed by atoms with E-state index in [-0.39, 0.29) is 16.7 Å². The Morgan fingerprint density at radius 1 is 1.38 bits per heavy atom. The zero-order chi connectivity index (χ0) is 17.1. The predicted octanol–water partition coefficient (Wildman–Crippen LogP) is 0.540. The molecular formula is C15H18N2O6S. The van der Waals surface area contributed by atoms with E-state index in [1.807, 2.05) is 0 Å². The summed E-state index contributed by atoms with van der Waals surface area (Å²) in [5.41, 5.74) is 1.69. The zero-order valence-electron chi connectivity index (χ0n) is 13.1. The first-order valence-corrected chi connectivity index (χ1v) is 9.37. The molecule has 2 bridgehead atoms. The van der Waals surface area contributed by atoms with Crippen LogP contribution in [0.3, 0.4) is 0 Å². The quantitative estimate of drug-likeness (QED) is 0.738. The van der Waals surface area contributed by atoms with E-state index in [1.165, 1.54) is 19.3 Å². The zero-order valence-corrected chi connectivity index (χ0v) is 14.0. The number of allylic oxidation sites excluding steroid dienone is 1. The minimum absolute atomic E-state index is 0.0123. The molecule has 0 spiro atoms. The smallest absolute Gasteiger partial charge is 0.335 e. The third-order valence-electron chi connectivity index (χ3n) is 5.27. The molecular weight excluding hydrogens is 336 g/mol. The maximum atomic E-state index is 12.7. The number of nitrogens with zero attached hydrogens (tertiary/aromatic N) is 1. The predicted molar refractivity (Wildman–Crippen MR) is 81.0 cm³/mol. The fourth-order valence-electron chi connectivity index (χ4n) is 3.92. The number of amides is 1. The highest BCUT2D eigenvalue weighted by Gasteiger charge is 2.53. The summed E-state index contributed by atoms with van der Waals surface area (Å²) in [5, 5.41) is 0. The van der Waals surface area contributed by atoms with Gasteiger partial charge in [-0.25, -0.2) is 13.2 Å². The molecule has 3 aliphatic carbocycles. The van der Waals surface area contributed by atoms with Crippen LogP contribution in [0, 0.1) is 11.8 Å². The van der Waals surface area contributed by atoms with E-state index in [1.54, 1.807) is 0 Å². The molecule has 2 heterocycles. The molecule has 5 aliphatic rings. The van der Waals surface area contributed by atoms with Crippen LogP contribution in [0.15, 0.2) is 22.8 Å².